The normalized spacial score (nSPS) is 14.1. The van der Waals surface area contributed by atoms with Crippen LogP contribution in [0.3, 0.4) is 0 Å². The van der Waals surface area contributed by atoms with E-state index in [4.69, 9.17) is 14.2 Å². The summed E-state index contributed by atoms with van der Waals surface area (Å²) in [4.78, 5) is 38.4. The molecule has 0 saturated heterocycles. The zero-order valence-electron chi connectivity index (χ0n) is 16.2. The van der Waals surface area contributed by atoms with E-state index >= 15 is 0 Å². The Labute approximate surface area is 168 Å². The number of ether oxygens (including phenoxy) is 3. The lowest BCUT2D eigenvalue weighted by atomic mass is 10.2. The molecule has 0 saturated carbocycles. The summed E-state index contributed by atoms with van der Waals surface area (Å²) >= 11 is 0. The van der Waals surface area contributed by atoms with Gasteiger partial charge in [-0.3, -0.25) is 19.3 Å². The number of hydrogen-bond acceptors (Lipinski definition) is 6. The number of para-hydroxylation sites is 2. The molecular formula is C21H22N2O6. The van der Waals surface area contributed by atoms with Crippen LogP contribution in [0, 0.1) is 0 Å². The second kappa shape index (κ2) is 9.09. The van der Waals surface area contributed by atoms with Crippen LogP contribution in [0.2, 0.25) is 0 Å². The number of methoxy groups -OCH3 is 1. The van der Waals surface area contributed by atoms with Crippen molar-refractivity contribution in [3.8, 4) is 11.5 Å². The lowest BCUT2D eigenvalue weighted by Gasteiger charge is -2.22. The molecule has 2 aromatic rings. The highest BCUT2D eigenvalue weighted by Crippen LogP contribution is 2.30. The molecule has 29 heavy (non-hydrogen) atoms. The Morgan fingerprint density at radius 3 is 2.62 bits per heavy atom. The molecule has 1 N–H and O–H groups in total. The third-order valence-corrected chi connectivity index (χ3v) is 4.35. The molecule has 8 heteroatoms. The molecule has 3 rings (SSSR count). The summed E-state index contributed by atoms with van der Waals surface area (Å²) in [5, 5.41) is 2.66. The van der Waals surface area contributed by atoms with Gasteiger partial charge in [-0.15, -0.1) is 0 Å². The highest BCUT2D eigenvalue weighted by molar-refractivity contribution is 6.00. The first-order valence-corrected chi connectivity index (χ1v) is 9.14. The van der Waals surface area contributed by atoms with Gasteiger partial charge in [0.25, 0.3) is 5.91 Å². The number of nitrogens with one attached hydrogen (secondary N) is 1. The van der Waals surface area contributed by atoms with E-state index in [1.54, 1.807) is 55.6 Å². The minimum atomic E-state index is -1.03. The lowest BCUT2D eigenvalue weighted by molar-refractivity contribution is -0.152. The minimum absolute atomic E-state index is 0.148. The molecular weight excluding hydrogens is 376 g/mol. The smallest absolute Gasteiger partial charge is 0.326 e. The van der Waals surface area contributed by atoms with E-state index in [1.165, 1.54) is 11.8 Å². The first-order valence-electron chi connectivity index (χ1n) is 9.14. The average Bonchev–Trinajstić information content (AvgIpc) is 2.87. The number of hydrogen-bond donors (Lipinski definition) is 1. The Hall–Kier alpha value is -3.55. The summed E-state index contributed by atoms with van der Waals surface area (Å²) in [5.41, 5.74) is 1.05. The fourth-order valence-electron chi connectivity index (χ4n) is 2.83. The number of carbonyl (C=O) groups excluding carboxylic acids is 3. The lowest BCUT2D eigenvalue weighted by Crippen LogP contribution is -2.39. The highest BCUT2D eigenvalue weighted by atomic mass is 16.5. The van der Waals surface area contributed by atoms with Crippen LogP contribution in [0.15, 0.2) is 48.5 Å². The van der Waals surface area contributed by atoms with Crippen molar-refractivity contribution in [1.29, 1.82) is 0 Å². The molecule has 1 aliphatic rings. The highest BCUT2D eigenvalue weighted by Gasteiger charge is 2.27. The third kappa shape index (κ3) is 5.04. The van der Waals surface area contributed by atoms with Crippen molar-refractivity contribution in [3.63, 3.8) is 0 Å². The Balaban J connectivity index is 1.60. The van der Waals surface area contributed by atoms with Gasteiger partial charge in [-0.1, -0.05) is 12.1 Å². The summed E-state index contributed by atoms with van der Waals surface area (Å²) < 4.78 is 15.8. The molecule has 1 atom stereocenters. The van der Waals surface area contributed by atoms with Gasteiger partial charge in [0.15, 0.2) is 6.10 Å². The van der Waals surface area contributed by atoms with Crippen LogP contribution in [0.4, 0.5) is 11.4 Å². The van der Waals surface area contributed by atoms with Crippen molar-refractivity contribution >= 4 is 29.2 Å². The van der Waals surface area contributed by atoms with Crippen LogP contribution >= 0.6 is 0 Å². The van der Waals surface area contributed by atoms with Crippen molar-refractivity contribution in [2.75, 3.05) is 30.5 Å². The molecule has 0 unspecified atom stereocenters. The molecule has 2 aromatic carbocycles. The predicted octanol–water partition coefficient (Wildman–Crippen LogP) is 2.38. The van der Waals surface area contributed by atoms with Crippen molar-refractivity contribution in [3.05, 3.63) is 48.5 Å². The third-order valence-electron chi connectivity index (χ3n) is 4.35. The number of anilines is 2. The summed E-state index contributed by atoms with van der Waals surface area (Å²) in [5.74, 6) is -0.227. The molecule has 0 fully saturated rings. The van der Waals surface area contributed by atoms with Crippen LogP contribution < -0.4 is 19.7 Å². The topological polar surface area (TPSA) is 94.2 Å². The number of rotatable bonds is 6. The number of benzene rings is 2. The molecule has 0 bridgehead atoms. The van der Waals surface area contributed by atoms with Gasteiger partial charge in [0.2, 0.25) is 5.91 Å². The second-order valence-corrected chi connectivity index (χ2v) is 6.40. The Morgan fingerprint density at radius 1 is 1.17 bits per heavy atom. The van der Waals surface area contributed by atoms with Gasteiger partial charge in [-0.05, 0) is 43.3 Å². The van der Waals surface area contributed by atoms with E-state index < -0.39 is 18.0 Å². The zero-order chi connectivity index (χ0) is 20.8. The van der Waals surface area contributed by atoms with Crippen molar-refractivity contribution in [2.24, 2.45) is 0 Å². The standard InChI is InChI=1S/C21H22N2O6/c1-14(21(26)22-15-7-9-16(27-2)10-8-15)29-20(25)13-23-17-5-3-4-6-18(17)28-12-11-19(23)24/h3-10,14H,11-13H2,1-2H3,(H,22,26)/t14-/m0/s1. The molecule has 152 valence electrons. The SMILES string of the molecule is COc1ccc(NC(=O)[C@H](C)OC(=O)CN2C(=O)CCOc3ccccc32)cc1. The second-order valence-electron chi connectivity index (χ2n) is 6.40. The van der Waals surface area contributed by atoms with Crippen molar-refractivity contribution in [1.82, 2.24) is 0 Å². The maximum atomic E-state index is 12.4. The number of carbonyl (C=O) groups is 3. The summed E-state index contributed by atoms with van der Waals surface area (Å²) in [6.07, 6.45) is -0.881. The first-order chi connectivity index (χ1) is 14.0. The predicted molar refractivity (Wildman–Crippen MR) is 106 cm³/mol. The van der Waals surface area contributed by atoms with Gasteiger partial charge in [-0.25, -0.2) is 0 Å². The van der Waals surface area contributed by atoms with Gasteiger partial charge in [0.05, 0.1) is 25.8 Å². The quantitative estimate of drug-likeness (QED) is 0.751. The Bertz CT molecular complexity index is 896. The first kappa shape index (κ1) is 20.2. The van der Waals surface area contributed by atoms with Crippen molar-refractivity contribution < 1.29 is 28.6 Å². The van der Waals surface area contributed by atoms with Crippen LogP contribution in [-0.4, -0.2) is 44.1 Å². The van der Waals surface area contributed by atoms with Crippen LogP contribution in [-0.2, 0) is 19.1 Å². The van der Waals surface area contributed by atoms with E-state index in [9.17, 15) is 14.4 Å². The number of nitrogens with zero attached hydrogens (tertiary/aromatic N) is 1. The molecule has 2 amide bonds. The Kier molecular flexibility index (Phi) is 6.33. The van der Waals surface area contributed by atoms with E-state index in [2.05, 4.69) is 5.32 Å². The number of fused-ring (bicyclic) bond motifs is 1. The maximum Gasteiger partial charge on any atom is 0.326 e. The molecule has 0 radical (unpaired) electrons. The summed E-state index contributed by atoms with van der Waals surface area (Å²) in [6, 6.07) is 13.7. The van der Waals surface area contributed by atoms with Crippen LogP contribution in [0.5, 0.6) is 11.5 Å². The number of esters is 1. The van der Waals surface area contributed by atoms with E-state index in [0.717, 1.165) is 0 Å². The molecule has 0 spiro atoms. The molecule has 8 nitrogen and oxygen atoms in total. The molecule has 0 aliphatic carbocycles. The monoisotopic (exact) mass is 398 g/mol. The summed E-state index contributed by atoms with van der Waals surface area (Å²) in [7, 11) is 1.55. The van der Waals surface area contributed by atoms with Gasteiger partial charge in [-0.2, -0.15) is 0 Å². The van der Waals surface area contributed by atoms with E-state index in [-0.39, 0.29) is 25.5 Å². The van der Waals surface area contributed by atoms with Gasteiger partial charge in [0, 0.05) is 5.69 Å². The zero-order valence-corrected chi connectivity index (χ0v) is 16.2. The van der Waals surface area contributed by atoms with Crippen LogP contribution in [0.25, 0.3) is 0 Å². The number of amides is 2. The summed E-state index contributed by atoms with van der Waals surface area (Å²) in [6.45, 7) is 1.40. The van der Waals surface area contributed by atoms with E-state index in [0.29, 0.717) is 22.9 Å². The Morgan fingerprint density at radius 2 is 1.90 bits per heavy atom. The van der Waals surface area contributed by atoms with Gasteiger partial charge < -0.3 is 19.5 Å². The van der Waals surface area contributed by atoms with Crippen molar-refractivity contribution in [2.45, 2.75) is 19.4 Å². The molecule has 1 heterocycles. The molecule has 1 aliphatic heterocycles. The maximum absolute atomic E-state index is 12.4. The fraction of sp³-hybridized carbons (Fsp3) is 0.286. The average molecular weight is 398 g/mol. The van der Waals surface area contributed by atoms with Gasteiger partial charge >= 0.3 is 5.97 Å². The minimum Gasteiger partial charge on any atom is -0.497 e. The van der Waals surface area contributed by atoms with Crippen LogP contribution in [0.1, 0.15) is 13.3 Å². The molecule has 0 aromatic heterocycles. The van der Waals surface area contributed by atoms with Gasteiger partial charge in [0.1, 0.15) is 18.0 Å². The largest absolute Gasteiger partial charge is 0.497 e. The fourth-order valence-corrected chi connectivity index (χ4v) is 2.83. The van der Waals surface area contributed by atoms with E-state index in [1.807, 2.05) is 0 Å².